The van der Waals surface area contributed by atoms with Crippen molar-refractivity contribution in [2.45, 2.75) is 31.8 Å². The Kier molecular flexibility index (Phi) is 4.09. The minimum Gasteiger partial charge on any atom is -0.378 e. The van der Waals surface area contributed by atoms with Crippen LogP contribution < -0.4 is 5.32 Å². The molecule has 2 rings (SSSR count). The summed E-state index contributed by atoms with van der Waals surface area (Å²) in [5, 5.41) is 2.73. The van der Waals surface area contributed by atoms with Crippen molar-refractivity contribution in [1.82, 2.24) is 0 Å². The second kappa shape index (κ2) is 5.77. The third-order valence-electron chi connectivity index (χ3n) is 2.85. The maximum atomic E-state index is 12.6. The minimum absolute atomic E-state index is 0.0490. The molecule has 0 saturated carbocycles. The van der Waals surface area contributed by atoms with Crippen LogP contribution >= 0.6 is 0 Å². The van der Waals surface area contributed by atoms with E-state index in [1.165, 1.54) is 12.1 Å². The largest absolute Gasteiger partial charge is 0.378 e. The summed E-state index contributed by atoms with van der Waals surface area (Å²) in [7, 11) is 0. The van der Waals surface area contributed by atoms with Crippen molar-refractivity contribution in [1.29, 1.82) is 0 Å². The molecule has 1 aromatic carbocycles. The highest BCUT2D eigenvalue weighted by Crippen LogP contribution is 2.17. The summed E-state index contributed by atoms with van der Waals surface area (Å²) < 4.78 is 18.1. The van der Waals surface area contributed by atoms with Crippen LogP contribution in [0.5, 0.6) is 0 Å². The molecule has 0 radical (unpaired) electrons. The third-order valence-corrected chi connectivity index (χ3v) is 2.85. The molecule has 4 heteroatoms. The summed E-state index contributed by atoms with van der Waals surface area (Å²) in [6.07, 6.45) is 3.57. The molecule has 1 aromatic rings. The Hall–Kier alpha value is -1.42. The fourth-order valence-electron chi connectivity index (χ4n) is 1.92. The zero-order chi connectivity index (χ0) is 12.1. The van der Waals surface area contributed by atoms with E-state index in [1.807, 2.05) is 0 Å². The molecule has 0 bridgehead atoms. The predicted octanol–water partition coefficient (Wildman–Crippen LogP) is 2.72. The lowest BCUT2D eigenvalue weighted by atomic mass is 10.1. The van der Waals surface area contributed by atoms with E-state index in [9.17, 15) is 9.18 Å². The number of carbonyl (C=O) groups is 1. The predicted molar refractivity (Wildman–Crippen MR) is 63.2 cm³/mol. The molecule has 1 aliphatic rings. The number of benzene rings is 1. The molecule has 1 aliphatic heterocycles. The Balaban J connectivity index is 1.74. The average molecular weight is 237 g/mol. The molecule has 1 saturated heterocycles. The van der Waals surface area contributed by atoms with Crippen molar-refractivity contribution in [2.24, 2.45) is 0 Å². The molecule has 0 aromatic heterocycles. The number of nitrogens with one attached hydrogen (secondary N) is 1. The van der Waals surface area contributed by atoms with Gasteiger partial charge in [-0.15, -0.1) is 0 Å². The van der Waals surface area contributed by atoms with Gasteiger partial charge in [0.2, 0.25) is 5.91 Å². The number of hydrogen-bond acceptors (Lipinski definition) is 2. The number of hydrogen-bond donors (Lipinski definition) is 1. The highest BCUT2D eigenvalue weighted by molar-refractivity contribution is 5.90. The van der Waals surface area contributed by atoms with Crippen molar-refractivity contribution >= 4 is 11.6 Å². The normalized spacial score (nSPS) is 19.2. The molecular weight excluding hydrogens is 221 g/mol. The number of anilines is 1. The monoisotopic (exact) mass is 237 g/mol. The molecule has 1 amide bonds. The lowest BCUT2D eigenvalue weighted by molar-refractivity contribution is -0.116. The van der Waals surface area contributed by atoms with Crippen molar-refractivity contribution in [2.75, 3.05) is 11.9 Å². The van der Waals surface area contributed by atoms with E-state index in [0.717, 1.165) is 25.9 Å². The smallest absolute Gasteiger partial charge is 0.224 e. The average Bonchev–Trinajstić information content (AvgIpc) is 2.83. The summed E-state index contributed by atoms with van der Waals surface area (Å²) in [4.78, 5) is 11.6. The number of rotatable bonds is 4. The van der Waals surface area contributed by atoms with E-state index < -0.39 is 0 Å². The summed E-state index contributed by atoms with van der Waals surface area (Å²) in [5.74, 6) is -0.352. The maximum absolute atomic E-state index is 12.6. The molecule has 1 heterocycles. The first kappa shape index (κ1) is 12.0. The van der Waals surface area contributed by atoms with Crippen LogP contribution in [0.4, 0.5) is 10.1 Å². The standard InChI is InChI=1S/C13H16FNO2/c14-10-3-5-11(6-4-10)15-13(16)8-7-12-2-1-9-17-12/h3-6,12H,1-2,7-9H2,(H,15,16). The SMILES string of the molecule is O=C(CCC1CCCO1)Nc1ccc(F)cc1. The Morgan fingerprint density at radius 1 is 1.41 bits per heavy atom. The number of halogens is 1. The third kappa shape index (κ3) is 3.82. The topological polar surface area (TPSA) is 38.3 Å². The highest BCUT2D eigenvalue weighted by Gasteiger charge is 2.16. The lowest BCUT2D eigenvalue weighted by Crippen LogP contribution is -2.15. The van der Waals surface area contributed by atoms with Crippen LogP contribution in [0.15, 0.2) is 24.3 Å². The van der Waals surface area contributed by atoms with Crippen molar-refractivity contribution in [3.8, 4) is 0 Å². The van der Waals surface area contributed by atoms with E-state index in [1.54, 1.807) is 12.1 Å². The van der Waals surface area contributed by atoms with Crippen molar-refractivity contribution < 1.29 is 13.9 Å². The fourth-order valence-corrected chi connectivity index (χ4v) is 1.92. The van der Waals surface area contributed by atoms with Crippen molar-refractivity contribution in [3.05, 3.63) is 30.1 Å². The molecule has 0 aliphatic carbocycles. The van der Waals surface area contributed by atoms with Crippen LogP contribution in [0.1, 0.15) is 25.7 Å². The quantitative estimate of drug-likeness (QED) is 0.874. The minimum atomic E-state index is -0.303. The van der Waals surface area contributed by atoms with E-state index >= 15 is 0 Å². The van der Waals surface area contributed by atoms with Gasteiger partial charge in [0.15, 0.2) is 0 Å². The summed E-state index contributed by atoms with van der Waals surface area (Å²) in [6, 6.07) is 5.77. The zero-order valence-corrected chi connectivity index (χ0v) is 9.62. The van der Waals surface area contributed by atoms with E-state index in [2.05, 4.69) is 5.32 Å². The Bertz CT molecular complexity index is 372. The van der Waals surface area contributed by atoms with Crippen LogP contribution in [-0.4, -0.2) is 18.6 Å². The van der Waals surface area contributed by atoms with Crippen LogP contribution in [0.2, 0.25) is 0 Å². The summed E-state index contributed by atoms with van der Waals surface area (Å²) in [6.45, 7) is 0.810. The van der Waals surface area contributed by atoms with Gasteiger partial charge in [0.1, 0.15) is 5.82 Å². The summed E-state index contributed by atoms with van der Waals surface area (Å²) in [5.41, 5.74) is 0.628. The Labute approximate surface area is 100.0 Å². The molecule has 1 fully saturated rings. The summed E-state index contributed by atoms with van der Waals surface area (Å²) >= 11 is 0. The first-order valence-electron chi connectivity index (χ1n) is 5.91. The van der Waals surface area contributed by atoms with Gasteiger partial charge in [-0.05, 0) is 43.5 Å². The second-order valence-corrected chi connectivity index (χ2v) is 4.23. The first-order valence-corrected chi connectivity index (χ1v) is 5.91. The van der Waals surface area contributed by atoms with Gasteiger partial charge in [-0.25, -0.2) is 4.39 Å². The molecule has 17 heavy (non-hydrogen) atoms. The van der Waals surface area contributed by atoms with Gasteiger partial charge < -0.3 is 10.1 Å². The molecule has 0 spiro atoms. The lowest BCUT2D eigenvalue weighted by Gasteiger charge is -2.09. The van der Waals surface area contributed by atoms with E-state index in [-0.39, 0.29) is 17.8 Å². The van der Waals surface area contributed by atoms with Gasteiger partial charge >= 0.3 is 0 Å². The van der Waals surface area contributed by atoms with Crippen LogP contribution in [-0.2, 0) is 9.53 Å². The van der Waals surface area contributed by atoms with Crippen molar-refractivity contribution in [3.63, 3.8) is 0 Å². The molecule has 3 nitrogen and oxygen atoms in total. The molecule has 1 unspecified atom stereocenters. The number of ether oxygens (including phenoxy) is 1. The van der Waals surface area contributed by atoms with Gasteiger partial charge in [0, 0.05) is 18.7 Å². The van der Waals surface area contributed by atoms with E-state index in [0.29, 0.717) is 12.1 Å². The maximum Gasteiger partial charge on any atom is 0.224 e. The number of carbonyl (C=O) groups excluding carboxylic acids is 1. The van der Waals surface area contributed by atoms with Gasteiger partial charge in [-0.3, -0.25) is 4.79 Å². The Morgan fingerprint density at radius 3 is 2.82 bits per heavy atom. The van der Waals surface area contributed by atoms with Gasteiger partial charge in [-0.2, -0.15) is 0 Å². The molecular formula is C13H16FNO2. The number of amides is 1. The highest BCUT2D eigenvalue weighted by atomic mass is 19.1. The fraction of sp³-hybridized carbons (Fsp3) is 0.462. The first-order chi connectivity index (χ1) is 8.24. The zero-order valence-electron chi connectivity index (χ0n) is 9.62. The second-order valence-electron chi connectivity index (χ2n) is 4.23. The van der Waals surface area contributed by atoms with Crippen LogP contribution in [0.25, 0.3) is 0 Å². The van der Waals surface area contributed by atoms with Gasteiger partial charge in [0.05, 0.1) is 6.10 Å². The van der Waals surface area contributed by atoms with Crippen LogP contribution in [0, 0.1) is 5.82 Å². The van der Waals surface area contributed by atoms with Gasteiger partial charge in [0.25, 0.3) is 0 Å². The molecule has 92 valence electrons. The molecule has 1 atom stereocenters. The Morgan fingerprint density at radius 2 is 2.18 bits per heavy atom. The van der Waals surface area contributed by atoms with Crippen LogP contribution in [0.3, 0.4) is 0 Å². The molecule has 1 N–H and O–H groups in total. The van der Waals surface area contributed by atoms with E-state index in [4.69, 9.17) is 4.74 Å². The van der Waals surface area contributed by atoms with Gasteiger partial charge in [-0.1, -0.05) is 0 Å².